The van der Waals surface area contributed by atoms with Crippen LogP contribution in [0.3, 0.4) is 0 Å². The van der Waals surface area contributed by atoms with E-state index in [0.717, 1.165) is 18.8 Å². The molecule has 1 N–H and O–H groups in total. The average molecular weight is 181 g/mol. The van der Waals surface area contributed by atoms with Crippen LogP contribution in [0.1, 0.15) is 13.3 Å². The lowest BCUT2D eigenvalue weighted by Crippen LogP contribution is -2.28. The SMILES string of the molecule is CCCN(CCO)c1cccnn1. The fraction of sp³-hybridized carbons (Fsp3) is 0.556. The Bertz CT molecular complexity index is 222. The summed E-state index contributed by atoms with van der Waals surface area (Å²) in [6.45, 7) is 3.77. The molecule has 0 aliphatic carbocycles. The van der Waals surface area contributed by atoms with E-state index in [1.54, 1.807) is 6.20 Å². The van der Waals surface area contributed by atoms with Gasteiger partial charge in [-0.05, 0) is 18.6 Å². The first-order valence-corrected chi connectivity index (χ1v) is 4.52. The van der Waals surface area contributed by atoms with Crippen LogP contribution in [0, 0.1) is 0 Å². The first-order chi connectivity index (χ1) is 6.38. The molecule has 4 nitrogen and oxygen atoms in total. The molecule has 13 heavy (non-hydrogen) atoms. The predicted octanol–water partition coefficient (Wildman–Crippen LogP) is 0.685. The van der Waals surface area contributed by atoms with Crippen molar-refractivity contribution >= 4 is 5.82 Å². The maximum Gasteiger partial charge on any atom is 0.151 e. The summed E-state index contributed by atoms with van der Waals surface area (Å²) in [4.78, 5) is 2.02. The van der Waals surface area contributed by atoms with Crippen LogP contribution in [0.15, 0.2) is 18.3 Å². The lowest BCUT2D eigenvalue weighted by Gasteiger charge is -2.20. The van der Waals surface area contributed by atoms with Gasteiger partial charge in [0.05, 0.1) is 6.61 Å². The molecule has 0 amide bonds. The Morgan fingerprint density at radius 3 is 2.85 bits per heavy atom. The van der Waals surface area contributed by atoms with E-state index < -0.39 is 0 Å². The van der Waals surface area contributed by atoms with Crippen molar-refractivity contribution in [2.45, 2.75) is 13.3 Å². The van der Waals surface area contributed by atoms with E-state index >= 15 is 0 Å². The minimum absolute atomic E-state index is 0.149. The zero-order valence-corrected chi connectivity index (χ0v) is 7.85. The summed E-state index contributed by atoms with van der Waals surface area (Å²) in [6.07, 6.45) is 2.68. The van der Waals surface area contributed by atoms with Crippen LogP contribution in [-0.2, 0) is 0 Å². The number of aromatic nitrogens is 2. The van der Waals surface area contributed by atoms with Gasteiger partial charge in [0.1, 0.15) is 0 Å². The molecule has 1 heterocycles. The summed E-state index contributed by atoms with van der Waals surface area (Å²) in [7, 11) is 0. The highest BCUT2D eigenvalue weighted by molar-refractivity contribution is 5.35. The maximum atomic E-state index is 8.83. The smallest absolute Gasteiger partial charge is 0.151 e. The fourth-order valence-electron chi connectivity index (χ4n) is 1.19. The van der Waals surface area contributed by atoms with Gasteiger partial charge in [-0.15, -0.1) is 5.10 Å². The van der Waals surface area contributed by atoms with Gasteiger partial charge < -0.3 is 10.0 Å². The minimum Gasteiger partial charge on any atom is -0.395 e. The highest BCUT2D eigenvalue weighted by Gasteiger charge is 2.04. The van der Waals surface area contributed by atoms with Crippen molar-refractivity contribution in [3.8, 4) is 0 Å². The second-order valence-corrected chi connectivity index (χ2v) is 2.79. The van der Waals surface area contributed by atoms with Crippen molar-refractivity contribution < 1.29 is 5.11 Å². The molecule has 4 heteroatoms. The molecular weight excluding hydrogens is 166 g/mol. The van der Waals surface area contributed by atoms with Gasteiger partial charge in [0.25, 0.3) is 0 Å². The third-order valence-corrected chi connectivity index (χ3v) is 1.75. The van der Waals surface area contributed by atoms with Crippen LogP contribution < -0.4 is 4.90 Å². The molecule has 0 aliphatic heterocycles. The van der Waals surface area contributed by atoms with Gasteiger partial charge >= 0.3 is 0 Å². The quantitative estimate of drug-likeness (QED) is 0.726. The average Bonchev–Trinajstić information content (AvgIpc) is 2.19. The lowest BCUT2D eigenvalue weighted by molar-refractivity contribution is 0.301. The number of nitrogens with zero attached hydrogens (tertiary/aromatic N) is 3. The molecule has 0 aliphatic rings. The number of hydrogen-bond acceptors (Lipinski definition) is 4. The van der Waals surface area contributed by atoms with Crippen LogP contribution >= 0.6 is 0 Å². The molecule has 0 saturated heterocycles. The Balaban J connectivity index is 2.64. The molecule has 0 saturated carbocycles. The monoisotopic (exact) mass is 181 g/mol. The summed E-state index contributed by atoms with van der Waals surface area (Å²) < 4.78 is 0. The fourth-order valence-corrected chi connectivity index (χ4v) is 1.19. The van der Waals surface area contributed by atoms with Crippen LogP contribution in [0.4, 0.5) is 5.82 Å². The molecule has 0 spiro atoms. The second kappa shape index (κ2) is 5.48. The van der Waals surface area contributed by atoms with E-state index in [0.29, 0.717) is 6.54 Å². The molecule has 1 aromatic rings. The summed E-state index contributed by atoms with van der Waals surface area (Å²) in [5.74, 6) is 0.832. The minimum atomic E-state index is 0.149. The summed E-state index contributed by atoms with van der Waals surface area (Å²) >= 11 is 0. The largest absolute Gasteiger partial charge is 0.395 e. The molecule has 0 bridgehead atoms. The summed E-state index contributed by atoms with van der Waals surface area (Å²) in [6, 6.07) is 3.75. The zero-order chi connectivity index (χ0) is 9.52. The zero-order valence-electron chi connectivity index (χ0n) is 7.85. The van der Waals surface area contributed by atoms with Gasteiger partial charge in [-0.25, -0.2) is 0 Å². The van der Waals surface area contributed by atoms with E-state index in [2.05, 4.69) is 17.1 Å². The van der Waals surface area contributed by atoms with Crippen molar-refractivity contribution in [3.63, 3.8) is 0 Å². The van der Waals surface area contributed by atoms with E-state index in [4.69, 9.17) is 5.11 Å². The molecule has 0 radical (unpaired) electrons. The second-order valence-electron chi connectivity index (χ2n) is 2.79. The van der Waals surface area contributed by atoms with Crippen molar-refractivity contribution in [3.05, 3.63) is 18.3 Å². The Labute approximate surface area is 78.2 Å². The highest BCUT2D eigenvalue weighted by atomic mass is 16.3. The summed E-state index contributed by atoms with van der Waals surface area (Å²) in [5, 5.41) is 16.6. The van der Waals surface area contributed by atoms with Crippen LogP contribution in [0.2, 0.25) is 0 Å². The van der Waals surface area contributed by atoms with Gasteiger partial charge in [-0.3, -0.25) is 0 Å². The lowest BCUT2D eigenvalue weighted by atomic mass is 10.4. The maximum absolute atomic E-state index is 8.83. The Morgan fingerprint density at radius 2 is 2.31 bits per heavy atom. The molecule has 1 rings (SSSR count). The Hall–Kier alpha value is -1.16. The van der Waals surface area contributed by atoms with Crippen molar-refractivity contribution in [2.75, 3.05) is 24.6 Å². The van der Waals surface area contributed by atoms with E-state index in [1.807, 2.05) is 17.0 Å². The van der Waals surface area contributed by atoms with E-state index in [1.165, 1.54) is 0 Å². The standard InChI is InChI=1S/C9H15N3O/c1-2-6-12(7-8-13)9-4-3-5-10-11-9/h3-5,13H,2,6-8H2,1H3. The van der Waals surface area contributed by atoms with Gasteiger partial charge in [-0.2, -0.15) is 5.10 Å². The summed E-state index contributed by atoms with van der Waals surface area (Å²) in [5.41, 5.74) is 0. The van der Waals surface area contributed by atoms with Crippen molar-refractivity contribution in [2.24, 2.45) is 0 Å². The molecule has 0 fully saturated rings. The number of hydrogen-bond donors (Lipinski definition) is 1. The molecular formula is C9H15N3O. The predicted molar refractivity (Wildman–Crippen MR) is 51.6 cm³/mol. The Kier molecular flexibility index (Phi) is 4.18. The molecule has 0 unspecified atom stereocenters. The molecule has 1 aromatic heterocycles. The number of anilines is 1. The molecule has 72 valence electrons. The van der Waals surface area contributed by atoms with Crippen molar-refractivity contribution in [1.29, 1.82) is 0 Å². The van der Waals surface area contributed by atoms with Gasteiger partial charge in [0.2, 0.25) is 0 Å². The first kappa shape index (κ1) is 9.92. The number of aliphatic hydroxyl groups is 1. The van der Waals surface area contributed by atoms with E-state index in [9.17, 15) is 0 Å². The van der Waals surface area contributed by atoms with Gasteiger partial charge in [0.15, 0.2) is 5.82 Å². The van der Waals surface area contributed by atoms with Crippen LogP contribution in [-0.4, -0.2) is 35.0 Å². The van der Waals surface area contributed by atoms with Crippen molar-refractivity contribution in [1.82, 2.24) is 10.2 Å². The molecule has 0 aromatic carbocycles. The third-order valence-electron chi connectivity index (χ3n) is 1.75. The van der Waals surface area contributed by atoms with Gasteiger partial charge in [-0.1, -0.05) is 6.92 Å². The molecule has 0 atom stereocenters. The Morgan fingerprint density at radius 1 is 1.46 bits per heavy atom. The van der Waals surface area contributed by atoms with Gasteiger partial charge in [0, 0.05) is 19.3 Å². The third kappa shape index (κ3) is 2.99. The normalized spacial score (nSPS) is 10.0. The first-order valence-electron chi connectivity index (χ1n) is 4.52. The highest BCUT2D eigenvalue weighted by Crippen LogP contribution is 2.07. The van der Waals surface area contributed by atoms with Crippen LogP contribution in [0.5, 0.6) is 0 Å². The number of aliphatic hydroxyl groups excluding tert-OH is 1. The topological polar surface area (TPSA) is 49.2 Å². The van der Waals surface area contributed by atoms with Crippen LogP contribution in [0.25, 0.3) is 0 Å². The van der Waals surface area contributed by atoms with E-state index in [-0.39, 0.29) is 6.61 Å². The number of rotatable bonds is 5.